The zero-order valence-electron chi connectivity index (χ0n) is 26.0. The minimum Gasteiger partial charge on any atom is -0.481 e. The van der Waals surface area contributed by atoms with Gasteiger partial charge in [-0.1, -0.05) is 13.0 Å². The fourth-order valence-corrected chi connectivity index (χ4v) is 6.22. The first-order valence-electron chi connectivity index (χ1n) is 14.7. The molecule has 3 aromatic rings. The van der Waals surface area contributed by atoms with Gasteiger partial charge in [0, 0.05) is 24.2 Å². The van der Waals surface area contributed by atoms with Gasteiger partial charge in [-0.3, -0.25) is 14.6 Å². The van der Waals surface area contributed by atoms with Gasteiger partial charge in [0.2, 0.25) is 5.91 Å². The molecule has 12 heteroatoms. The average molecular weight is 653 g/mol. The Balaban J connectivity index is 1.77. The summed E-state index contributed by atoms with van der Waals surface area (Å²) in [5.74, 6) is -2.18. The Morgan fingerprint density at radius 3 is 1.96 bits per heavy atom. The van der Waals surface area contributed by atoms with Gasteiger partial charge in [-0.2, -0.15) is 26.3 Å². The first-order valence-corrected chi connectivity index (χ1v) is 14.7. The highest BCUT2D eigenvalue weighted by Gasteiger charge is 2.41. The average Bonchev–Trinajstić information content (AvgIpc) is 2.95. The zero-order chi connectivity index (χ0) is 34.4. The number of pyridine rings is 1. The topological polar surface area (TPSA) is 70.5 Å². The van der Waals surface area contributed by atoms with Crippen molar-refractivity contribution in [2.75, 3.05) is 11.9 Å². The van der Waals surface area contributed by atoms with E-state index in [1.54, 1.807) is 13.0 Å². The van der Waals surface area contributed by atoms with E-state index in [0.717, 1.165) is 4.90 Å². The van der Waals surface area contributed by atoms with Crippen molar-refractivity contribution in [2.45, 2.75) is 83.5 Å². The summed E-state index contributed by atoms with van der Waals surface area (Å²) in [7, 11) is 1.36. The monoisotopic (exact) mass is 652 g/mol. The lowest BCUT2D eigenvalue weighted by Gasteiger charge is -2.36. The van der Waals surface area contributed by atoms with Gasteiger partial charge in [-0.15, -0.1) is 0 Å². The van der Waals surface area contributed by atoms with Crippen molar-refractivity contribution in [3.05, 3.63) is 82.4 Å². The molecule has 5 nitrogen and oxygen atoms in total. The van der Waals surface area contributed by atoms with Gasteiger partial charge < -0.3 is 10.0 Å². The number of hydrogen-bond acceptors (Lipinski definition) is 3. The van der Waals surface area contributed by atoms with Crippen LogP contribution in [0.2, 0.25) is 0 Å². The molecule has 1 aromatic heterocycles. The minimum absolute atomic E-state index is 0.0152. The molecule has 0 aliphatic heterocycles. The SMILES string of the molecule is Cc1cc(F)ccc1-c1cc(C2CCC(C)(CC(=O)O)CC2)ncc1N(C)C(=O)C(C)(C)c1cc(C(F)(F)F)cc(C(F)(F)F)c1. The van der Waals surface area contributed by atoms with E-state index in [1.165, 1.54) is 45.3 Å². The molecule has 0 radical (unpaired) electrons. The molecular weight excluding hydrogens is 617 g/mol. The number of amides is 1. The number of rotatable bonds is 7. The van der Waals surface area contributed by atoms with Crippen molar-refractivity contribution in [3.8, 4) is 11.1 Å². The summed E-state index contributed by atoms with van der Waals surface area (Å²) in [4.78, 5) is 31.1. The molecule has 0 unspecified atom stereocenters. The van der Waals surface area contributed by atoms with E-state index >= 15 is 0 Å². The smallest absolute Gasteiger partial charge is 0.416 e. The van der Waals surface area contributed by atoms with Crippen molar-refractivity contribution in [1.82, 2.24) is 4.98 Å². The number of hydrogen-bond donors (Lipinski definition) is 1. The van der Waals surface area contributed by atoms with Crippen LogP contribution < -0.4 is 4.90 Å². The first kappa shape index (κ1) is 34.9. The number of anilines is 1. The number of carbonyl (C=O) groups is 2. The van der Waals surface area contributed by atoms with Gasteiger partial charge in [0.05, 0.1) is 34.8 Å². The number of carbonyl (C=O) groups excluding carboxylic acids is 1. The Labute approximate surface area is 262 Å². The lowest BCUT2D eigenvalue weighted by atomic mass is 9.69. The van der Waals surface area contributed by atoms with Crippen LogP contribution in [0.5, 0.6) is 0 Å². The summed E-state index contributed by atoms with van der Waals surface area (Å²) in [6.45, 7) is 6.11. The van der Waals surface area contributed by atoms with Crippen molar-refractivity contribution >= 4 is 17.6 Å². The highest BCUT2D eigenvalue weighted by atomic mass is 19.4. The maximum absolute atomic E-state index is 14.1. The third-order valence-electron chi connectivity index (χ3n) is 9.08. The quantitative estimate of drug-likeness (QED) is 0.258. The molecule has 1 N–H and O–H groups in total. The highest BCUT2D eigenvalue weighted by Crippen LogP contribution is 2.46. The van der Waals surface area contributed by atoms with Gasteiger partial charge in [0.1, 0.15) is 5.82 Å². The molecule has 1 fully saturated rings. The number of carboxylic acids is 1. The number of aliphatic carboxylic acids is 1. The summed E-state index contributed by atoms with van der Waals surface area (Å²) >= 11 is 0. The second-order valence-corrected chi connectivity index (χ2v) is 13.0. The minimum atomic E-state index is -5.09. The summed E-state index contributed by atoms with van der Waals surface area (Å²) in [6, 6.07) is 6.97. The summed E-state index contributed by atoms with van der Waals surface area (Å²) in [5.41, 5.74) is -3.25. The predicted molar refractivity (Wildman–Crippen MR) is 159 cm³/mol. The molecule has 1 heterocycles. The third-order valence-corrected chi connectivity index (χ3v) is 9.08. The van der Waals surface area contributed by atoms with Crippen LogP contribution in [0.3, 0.4) is 0 Å². The number of nitrogens with zero attached hydrogens (tertiary/aromatic N) is 2. The normalized spacial score (nSPS) is 19.2. The Morgan fingerprint density at radius 1 is 0.913 bits per heavy atom. The highest BCUT2D eigenvalue weighted by molar-refractivity contribution is 6.03. The number of aryl methyl sites for hydroxylation is 1. The number of likely N-dealkylation sites (N-methyl/N-ethyl adjacent to an activating group) is 1. The van der Waals surface area contributed by atoms with E-state index in [1.807, 2.05) is 6.92 Å². The summed E-state index contributed by atoms with van der Waals surface area (Å²) < 4.78 is 95.8. The van der Waals surface area contributed by atoms with Gasteiger partial charge in [-0.05, 0) is 105 Å². The van der Waals surface area contributed by atoms with E-state index < -0.39 is 52.2 Å². The molecule has 248 valence electrons. The van der Waals surface area contributed by atoms with Crippen LogP contribution in [0.15, 0.2) is 48.7 Å². The Morgan fingerprint density at radius 2 is 1.46 bits per heavy atom. The van der Waals surface area contributed by atoms with Gasteiger partial charge in [0.25, 0.3) is 0 Å². The zero-order valence-corrected chi connectivity index (χ0v) is 26.0. The van der Waals surface area contributed by atoms with Crippen LogP contribution in [0.25, 0.3) is 11.1 Å². The van der Waals surface area contributed by atoms with Crippen LogP contribution in [0.4, 0.5) is 36.4 Å². The van der Waals surface area contributed by atoms with Gasteiger partial charge in [-0.25, -0.2) is 4.39 Å². The second kappa shape index (κ2) is 12.3. The molecule has 0 saturated heterocycles. The van der Waals surface area contributed by atoms with E-state index in [-0.39, 0.29) is 29.5 Å². The van der Waals surface area contributed by atoms with Crippen LogP contribution in [0.1, 0.15) is 86.7 Å². The number of halogens is 7. The van der Waals surface area contributed by atoms with Crippen molar-refractivity contribution < 1.29 is 45.4 Å². The number of benzene rings is 2. The van der Waals surface area contributed by atoms with Crippen LogP contribution in [-0.4, -0.2) is 29.0 Å². The maximum atomic E-state index is 14.1. The van der Waals surface area contributed by atoms with E-state index in [0.29, 0.717) is 60.2 Å². The van der Waals surface area contributed by atoms with Crippen molar-refractivity contribution in [2.24, 2.45) is 5.41 Å². The van der Waals surface area contributed by atoms with E-state index in [4.69, 9.17) is 0 Å². The Bertz CT molecular complexity index is 1610. The molecule has 1 aliphatic carbocycles. The third kappa shape index (κ3) is 7.36. The fourth-order valence-electron chi connectivity index (χ4n) is 6.22. The van der Waals surface area contributed by atoms with Crippen LogP contribution in [0, 0.1) is 18.2 Å². The standard InChI is InChI=1S/C34H35F7N2O3/c1-19-12-24(35)6-7-25(19)26-16-27(20-8-10-32(4,11-9-20)17-29(44)45)42-18-28(26)43(5)30(46)31(2,3)21-13-22(33(36,37)38)15-23(14-21)34(39,40)41/h6-7,12-16,18,20H,8-11,17H2,1-5H3,(H,44,45). The van der Waals surface area contributed by atoms with E-state index in [2.05, 4.69) is 4.98 Å². The molecule has 0 spiro atoms. The van der Waals surface area contributed by atoms with Crippen molar-refractivity contribution in [3.63, 3.8) is 0 Å². The van der Waals surface area contributed by atoms with Crippen LogP contribution >= 0.6 is 0 Å². The largest absolute Gasteiger partial charge is 0.481 e. The number of alkyl halides is 6. The molecule has 1 saturated carbocycles. The number of carboxylic acid groups (broad SMARTS) is 1. The lowest BCUT2D eigenvalue weighted by molar-refractivity contribution is -0.143. The molecule has 1 amide bonds. The first-order chi connectivity index (χ1) is 21.1. The molecule has 4 rings (SSSR count). The summed E-state index contributed by atoms with van der Waals surface area (Å²) in [5, 5.41) is 9.31. The predicted octanol–water partition coefficient (Wildman–Crippen LogP) is 9.31. The van der Waals surface area contributed by atoms with Gasteiger partial charge in [0.15, 0.2) is 0 Å². The summed E-state index contributed by atoms with van der Waals surface area (Å²) in [6.07, 6.45) is -6.06. The Kier molecular flexibility index (Phi) is 9.36. The van der Waals surface area contributed by atoms with Gasteiger partial charge >= 0.3 is 18.3 Å². The van der Waals surface area contributed by atoms with Crippen LogP contribution in [-0.2, 0) is 27.4 Å². The van der Waals surface area contributed by atoms with Crippen molar-refractivity contribution in [1.29, 1.82) is 0 Å². The maximum Gasteiger partial charge on any atom is 0.416 e. The molecule has 46 heavy (non-hydrogen) atoms. The Hall–Kier alpha value is -3.96. The molecule has 1 aliphatic rings. The molecular formula is C34H35F7N2O3. The molecule has 0 atom stereocenters. The molecule has 0 bridgehead atoms. The lowest BCUT2D eigenvalue weighted by Crippen LogP contribution is -2.42. The second-order valence-electron chi connectivity index (χ2n) is 13.0. The molecule has 2 aromatic carbocycles. The fraction of sp³-hybridized carbons (Fsp3) is 0.441. The number of aromatic nitrogens is 1. The van der Waals surface area contributed by atoms with E-state index in [9.17, 15) is 45.4 Å².